The Morgan fingerprint density at radius 2 is 2.22 bits per heavy atom. The van der Waals surface area contributed by atoms with Crippen molar-refractivity contribution in [1.29, 1.82) is 0 Å². The molecule has 1 aliphatic rings. The number of hydrogen-bond acceptors (Lipinski definition) is 4. The predicted octanol–water partition coefficient (Wildman–Crippen LogP) is 3.29. The van der Waals surface area contributed by atoms with Crippen molar-refractivity contribution < 1.29 is 22.6 Å². The second-order valence-electron chi connectivity index (χ2n) is 5.89. The van der Waals surface area contributed by atoms with E-state index in [4.69, 9.17) is 21.1 Å². The minimum absolute atomic E-state index is 0. The minimum Gasteiger partial charge on any atom is -0.475 e. The fourth-order valence-electron chi connectivity index (χ4n) is 2.73. The van der Waals surface area contributed by atoms with Gasteiger partial charge in [-0.25, -0.2) is 4.98 Å². The van der Waals surface area contributed by atoms with E-state index in [1.807, 2.05) is 0 Å². The third-order valence-corrected chi connectivity index (χ3v) is 4.23. The smallest absolute Gasteiger partial charge is 0.417 e. The zero-order chi connectivity index (χ0) is 19.2. The number of nitrogens with one attached hydrogen (secondary N) is 1. The van der Waals surface area contributed by atoms with Gasteiger partial charge in [-0.3, -0.25) is 4.99 Å². The lowest BCUT2D eigenvalue weighted by Gasteiger charge is -2.21. The highest BCUT2D eigenvalue weighted by atomic mass is 127. The van der Waals surface area contributed by atoms with Crippen LogP contribution in [0.25, 0.3) is 0 Å². The molecule has 1 N–H and O–H groups in total. The van der Waals surface area contributed by atoms with Crippen molar-refractivity contribution in [3.63, 3.8) is 0 Å². The Labute approximate surface area is 178 Å². The first kappa shape index (κ1) is 24.0. The van der Waals surface area contributed by atoms with E-state index < -0.39 is 11.7 Å². The summed E-state index contributed by atoms with van der Waals surface area (Å²) in [4.78, 5) is 10.00. The molecule has 1 aliphatic heterocycles. The number of rotatable bonds is 6. The van der Waals surface area contributed by atoms with Crippen molar-refractivity contribution in [3.8, 4) is 5.88 Å². The van der Waals surface area contributed by atoms with Crippen LogP contribution in [0, 0.1) is 5.92 Å². The molecular weight excluding hydrogens is 500 g/mol. The molecule has 0 aromatic carbocycles. The molecule has 1 aromatic heterocycles. The van der Waals surface area contributed by atoms with Gasteiger partial charge in [0.15, 0.2) is 5.96 Å². The summed E-state index contributed by atoms with van der Waals surface area (Å²) < 4.78 is 48.3. The maximum Gasteiger partial charge on any atom is 0.417 e. The first-order chi connectivity index (χ1) is 12.3. The monoisotopic (exact) mass is 522 g/mol. The number of guanidine groups is 1. The number of likely N-dealkylation sites (tertiary alicyclic amines) is 1. The lowest BCUT2D eigenvalue weighted by Crippen LogP contribution is -2.41. The van der Waals surface area contributed by atoms with Gasteiger partial charge in [0.25, 0.3) is 0 Å². The van der Waals surface area contributed by atoms with Gasteiger partial charge in [-0.15, -0.1) is 24.0 Å². The highest BCUT2D eigenvalue weighted by Gasteiger charge is 2.31. The summed E-state index contributed by atoms with van der Waals surface area (Å²) in [6.07, 6.45) is -2.75. The van der Waals surface area contributed by atoms with E-state index >= 15 is 0 Å². The quantitative estimate of drug-likeness (QED) is 0.269. The summed E-state index contributed by atoms with van der Waals surface area (Å²) in [6, 6.07) is 0.802. The van der Waals surface area contributed by atoms with Gasteiger partial charge in [-0.2, -0.15) is 13.2 Å². The van der Waals surface area contributed by atoms with Gasteiger partial charge in [-0.1, -0.05) is 11.6 Å². The Balaban J connectivity index is 0.00000364. The average Bonchev–Trinajstić information content (AvgIpc) is 3.04. The molecule has 1 saturated heterocycles. The van der Waals surface area contributed by atoms with Gasteiger partial charge in [0.1, 0.15) is 11.6 Å². The molecule has 0 saturated carbocycles. The number of nitrogens with zero attached hydrogens (tertiary/aromatic N) is 3. The number of aromatic nitrogens is 1. The normalized spacial score (nSPS) is 17.6. The van der Waals surface area contributed by atoms with Gasteiger partial charge in [-0.05, 0) is 12.5 Å². The first-order valence-corrected chi connectivity index (χ1v) is 8.53. The summed E-state index contributed by atoms with van der Waals surface area (Å²) in [5.41, 5.74) is -0.909. The van der Waals surface area contributed by atoms with Crippen LogP contribution in [0.5, 0.6) is 5.88 Å². The molecule has 11 heteroatoms. The molecule has 27 heavy (non-hydrogen) atoms. The Morgan fingerprint density at radius 3 is 2.81 bits per heavy atom. The second-order valence-corrected chi connectivity index (χ2v) is 6.29. The van der Waals surface area contributed by atoms with Crippen LogP contribution >= 0.6 is 35.6 Å². The van der Waals surface area contributed by atoms with Gasteiger partial charge in [0.2, 0.25) is 5.88 Å². The van der Waals surface area contributed by atoms with E-state index in [-0.39, 0.29) is 41.5 Å². The Morgan fingerprint density at radius 1 is 1.48 bits per heavy atom. The molecule has 2 heterocycles. The van der Waals surface area contributed by atoms with E-state index in [9.17, 15) is 13.2 Å². The molecular formula is C16H23ClF3IN4O2. The van der Waals surface area contributed by atoms with E-state index in [0.717, 1.165) is 31.5 Å². The number of aliphatic imine (C=N–C) groups is 1. The fourth-order valence-corrected chi connectivity index (χ4v) is 2.95. The molecule has 0 aliphatic carbocycles. The van der Waals surface area contributed by atoms with Crippen LogP contribution in [0.3, 0.4) is 0 Å². The minimum atomic E-state index is -4.49. The highest BCUT2D eigenvalue weighted by Crippen LogP contribution is 2.33. The molecule has 154 valence electrons. The lowest BCUT2D eigenvalue weighted by molar-refractivity contribution is -0.137. The molecule has 1 unspecified atom stereocenters. The summed E-state index contributed by atoms with van der Waals surface area (Å²) in [5, 5.41) is 2.98. The van der Waals surface area contributed by atoms with Crippen LogP contribution in [-0.4, -0.2) is 62.8 Å². The van der Waals surface area contributed by atoms with E-state index in [2.05, 4.69) is 20.2 Å². The molecule has 1 atom stereocenters. The molecule has 0 spiro atoms. The second kappa shape index (κ2) is 11.1. The summed E-state index contributed by atoms with van der Waals surface area (Å²) in [7, 11) is 3.38. The molecule has 6 nitrogen and oxygen atoms in total. The Hall–Kier alpha value is -1.01. The SMILES string of the molecule is CN=C(NCCOc1ncc(C(F)(F)F)cc1Cl)N1CCC(COC)C1.I. The van der Waals surface area contributed by atoms with E-state index in [1.165, 1.54) is 0 Å². The summed E-state index contributed by atoms with van der Waals surface area (Å²) in [5.74, 6) is 1.20. The predicted molar refractivity (Wildman–Crippen MR) is 108 cm³/mol. The van der Waals surface area contributed by atoms with Crippen LogP contribution in [0.2, 0.25) is 5.02 Å². The lowest BCUT2D eigenvalue weighted by atomic mass is 10.1. The zero-order valence-corrected chi connectivity index (χ0v) is 18.1. The molecule has 0 bridgehead atoms. The third kappa shape index (κ3) is 7.15. The Bertz CT molecular complexity index is 634. The van der Waals surface area contributed by atoms with Crippen LogP contribution in [-0.2, 0) is 10.9 Å². The first-order valence-electron chi connectivity index (χ1n) is 8.15. The maximum absolute atomic E-state index is 12.6. The van der Waals surface area contributed by atoms with Gasteiger partial charge in [0, 0.05) is 39.4 Å². The van der Waals surface area contributed by atoms with Crippen molar-refractivity contribution in [1.82, 2.24) is 15.2 Å². The fraction of sp³-hybridized carbons (Fsp3) is 0.625. The van der Waals surface area contributed by atoms with Crippen LogP contribution < -0.4 is 10.1 Å². The Kier molecular flexibility index (Phi) is 9.88. The summed E-state index contributed by atoms with van der Waals surface area (Å²) >= 11 is 5.80. The molecule has 0 amide bonds. The van der Waals surface area contributed by atoms with Gasteiger partial charge in [0.05, 0.1) is 18.7 Å². The van der Waals surface area contributed by atoms with Crippen molar-refractivity contribution in [2.45, 2.75) is 12.6 Å². The summed E-state index contributed by atoms with van der Waals surface area (Å²) in [6.45, 7) is 3.07. The van der Waals surface area contributed by atoms with Crippen molar-refractivity contribution in [3.05, 3.63) is 22.8 Å². The average molecular weight is 523 g/mol. The standard InChI is InChI=1S/C16H22ClF3N4O2.HI/c1-21-15(24-5-3-11(9-24)10-25-2)22-4-6-26-14-13(17)7-12(8-23-14)16(18,19)20;/h7-8,11H,3-6,9-10H2,1-2H3,(H,21,22);1H. The van der Waals surface area contributed by atoms with Crippen molar-refractivity contribution in [2.75, 3.05) is 47.0 Å². The van der Waals surface area contributed by atoms with E-state index in [0.29, 0.717) is 25.3 Å². The van der Waals surface area contributed by atoms with Crippen molar-refractivity contribution >= 4 is 41.5 Å². The largest absolute Gasteiger partial charge is 0.475 e. The zero-order valence-electron chi connectivity index (χ0n) is 15.1. The van der Waals surface area contributed by atoms with Gasteiger partial charge >= 0.3 is 6.18 Å². The number of alkyl halides is 3. The van der Waals surface area contributed by atoms with E-state index in [1.54, 1.807) is 14.2 Å². The van der Waals surface area contributed by atoms with Crippen LogP contribution in [0.4, 0.5) is 13.2 Å². The molecule has 1 fully saturated rings. The maximum atomic E-state index is 12.6. The van der Waals surface area contributed by atoms with Crippen LogP contribution in [0.15, 0.2) is 17.3 Å². The molecule has 0 radical (unpaired) electrons. The molecule has 1 aromatic rings. The third-order valence-electron chi connectivity index (χ3n) is 3.96. The number of methoxy groups -OCH3 is 1. The molecule has 2 rings (SSSR count). The number of ether oxygens (including phenoxy) is 2. The highest BCUT2D eigenvalue weighted by molar-refractivity contribution is 14.0. The topological polar surface area (TPSA) is 59.0 Å². The van der Waals surface area contributed by atoms with Crippen LogP contribution in [0.1, 0.15) is 12.0 Å². The van der Waals surface area contributed by atoms with Crippen molar-refractivity contribution in [2.24, 2.45) is 10.9 Å². The number of pyridine rings is 1. The number of halogens is 5. The number of hydrogen-bond donors (Lipinski definition) is 1. The van der Waals surface area contributed by atoms with Gasteiger partial charge < -0.3 is 19.7 Å².